The molecule has 0 aromatic carbocycles. The van der Waals surface area contributed by atoms with Gasteiger partial charge < -0.3 is 15.3 Å². The molecular formula is KMnNO3. The predicted molar refractivity (Wildman–Crippen MR) is 10.4 cm³/mol. The van der Waals surface area contributed by atoms with Crippen molar-refractivity contribution in [3.8, 4) is 0 Å². The van der Waals surface area contributed by atoms with Crippen LogP contribution in [0, 0.1) is 15.3 Å². The first kappa shape index (κ1) is 15.7. The first-order valence-electron chi connectivity index (χ1n) is 0.548. The first-order valence-corrected chi connectivity index (χ1v) is 0.548. The molecule has 0 fully saturated rings. The summed E-state index contributed by atoms with van der Waals surface area (Å²) in [5.41, 5.74) is 0. The Labute approximate surface area is 87.3 Å². The van der Waals surface area contributed by atoms with E-state index in [0.29, 0.717) is 0 Å². The second-order valence-electron chi connectivity index (χ2n) is 0.224. The summed E-state index contributed by atoms with van der Waals surface area (Å²) in [7, 11) is 0. The van der Waals surface area contributed by atoms with Crippen LogP contribution in [0.2, 0.25) is 0 Å². The fraction of sp³-hybridized carbons (Fsp3) is 0. The van der Waals surface area contributed by atoms with E-state index >= 15 is 0 Å². The molecule has 6 heavy (non-hydrogen) atoms. The van der Waals surface area contributed by atoms with Gasteiger partial charge in [-0.2, -0.15) is 0 Å². The van der Waals surface area contributed by atoms with Crippen molar-refractivity contribution >= 4 is 0 Å². The third kappa shape index (κ3) is 55.3. The zero-order chi connectivity index (χ0) is 3.58. The van der Waals surface area contributed by atoms with Crippen LogP contribution in [0.25, 0.3) is 0 Å². The van der Waals surface area contributed by atoms with Gasteiger partial charge in [-0.05, 0) is 0 Å². The minimum atomic E-state index is -1.75. The Morgan fingerprint density at radius 2 is 1.33 bits per heavy atom. The molecule has 0 N–H and O–H groups in total. The van der Waals surface area contributed by atoms with Gasteiger partial charge in [0.2, 0.25) is 0 Å². The Morgan fingerprint density at radius 3 is 1.33 bits per heavy atom. The smallest absolute Gasteiger partial charge is 0.356 e. The van der Waals surface area contributed by atoms with E-state index in [4.69, 9.17) is 15.3 Å². The second-order valence-corrected chi connectivity index (χ2v) is 0.224. The predicted octanol–water partition coefficient (Wildman–Crippen LogP) is -3.24. The average Bonchev–Trinajstić information content (AvgIpc) is 0.811. The van der Waals surface area contributed by atoms with Crippen LogP contribution in [0.4, 0.5) is 0 Å². The fourth-order valence-electron chi connectivity index (χ4n) is 0. The van der Waals surface area contributed by atoms with Crippen LogP contribution in [0.1, 0.15) is 0 Å². The molecule has 0 bridgehead atoms. The quantitative estimate of drug-likeness (QED) is 0.210. The van der Waals surface area contributed by atoms with Crippen LogP contribution in [-0.4, -0.2) is 5.09 Å². The molecule has 4 nitrogen and oxygen atoms in total. The molecule has 0 saturated carbocycles. The zero-order valence-corrected chi connectivity index (χ0v) is 7.35. The van der Waals surface area contributed by atoms with Crippen molar-refractivity contribution in [2.75, 3.05) is 0 Å². The van der Waals surface area contributed by atoms with Gasteiger partial charge in [0.1, 0.15) is 0 Å². The molecule has 0 amide bonds. The maximum atomic E-state index is 8.25. The summed E-state index contributed by atoms with van der Waals surface area (Å²) < 4.78 is 0. The summed E-state index contributed by atoms with van der Waals surface area (Å²) in [6, 6.07) is 0. The monoisotopic (exact) mass is 156 g/mol. The van der Waals surface area contributed by atoms with E-state index in [1.807, 2.05) is 0 Å². The Bertz CT molecular complexity index is 33.8. The summed E-state index contributed by atoms with van der Waals surface area (Å²) in [5.74, 6) is 0. The second kappa shape index (κ2) is 9.61. The van der Waals surface area contributed by atoms with Crippen LogP contribution in [0.15, 0.2) is 0 Å². The first-order chi connectivity index (χ1) is 1.73. The van der Waals surface area contributed by atoms with E-state index in [1.165, 1.54) is 0 Å². The van der Waals surface area contributed by atoms with Gasteiger partial charge in [0, 0.05) is 17.1 Å². The number of hydrogen-bond acceptors (Lipinski definition) is 3. The van der Waals surface area contributed by atoms with E-state index in [1.54, 1.807) is 0 Å². The molecule has 6 heteroatoms. The molecule has 1 radical (unpaired) electrons. The summed E-state index contributed by atoms with van der Waals surface area (Å²) >= 11 is 0. The molecule has 31 valence electrons. The van der Waals surface area contributed by atoms with Gasteiger partial charge in [-0.25, -0.2) is 0 Å². The van der Waals surface area contributed by atoms with Crippen molar-refractivity contribution in [3.05, 3.63) is 15.3 Å². The van der Waals surface area contributed by atoms with Gasteiger partial charge in [0.15, 0.2) is 0 Å². The molecule has 0 unspecified atom stereocenters. The van der Waals surface area contributed by atoms with Gasteiger partial charge in [-0.1, -0.05) is 0 Å². The van der Waals surface area contributed by atoms with Crippen molar-refractivity contribution in [2.24, 2.45) is 0 Å². The standard InChI is InChI=1S/K.Mn.NO3/c;;2-1(3)4/q+1;;-1. The summed E-state index contributed by atoms with van der Waals surface area (Å²) in [4.78, 5) is 8.25. The Balaban J connectivity index is -0.0000000450. The molecule has 0 spiro atoms. The van der Waals surface area contributed by atoms with E-state index in [9.17, 15) is 0 Å². The SMILES string of the molecule is O=[N+]([O-])[O-].[K+].[Mn]. The Kier molecular flexibility index (Phi) is 25.1. The largest absolute Gasteiger partial charge is 1.00 e. The van der Waals surface area contributed by atoms with E-state index < -0.39 is 5.09 Å². The molecule has 0 atom stereocenters. The normalized spacial score (nSPS) is 4.00. The summed E-state index contributed by atoms with van der Waals surface area (Å²) in [5, 5.41) is 14.8. The molecule has 0 rings (SSSR count). The number of hydrogen-bond donors (Lipinski definition) is 0. The number of rotatable bonds is 0. The molecular weight excluding hydrogens is 156 g/mol. The third-order valence-electron chi connectivity index (χ3n) is 0. The van der Waals surface area contributed by atoms with E-state index in [0.717, 1.165) is 0 Å². The maximum absolute atomic E-state index is 8.25. The zero-order valence-electron chi connectivity index (χ0n) is 3.05. The van der Waals surface area contributed by atoms with Crippen LogP contribution < -0.4 is 51.4 Å². The van der Waals surface area contributed by atoms with Crippen LogP contribution in [0.5, 0.6) is 0 Å². The van der Waals surface area contributed by atoms with Gasteiger partial charge >= 0.3 is 51.4 Å². The average molecular weight is 156 g/mol. The topological polar surface area (TPSA) is 66.2 Å². The van der Waals surface area contributed by atoms with Gasteiger partial charge in [0.05, 0.1) is 5.09 Å². The van der Waals surface area contributed by atoms with Crippen molar-refractivity contribution in [1.82, 2.24) is 0 Å². The minimum Gasteiger partial charge on any atom is -0.356 e. The molecule has 0 aliphatic carbocycles. The van der Waals surface area contributed by atoms with Crippen molar-refractivity contribution < 1.29 is 73.5 Å². The summed E-state index contributed by atoms with van der Waals surface area (Å²) in [6.45, 7) is 0. The molecule has 0 aliphatic rings. The van der Waals surface area contributed by atoms with Gasteiger partial charge in [-0.15, -0.1) is 0 Å². The Morgan fingerprint density at radius 1 is 1.33 bits per heavy atom. The minimum absolute atomic E-state index is 0. The van der Waals surface area contributed by atoms with Crippen LogP contribution >= 0.6 is 0 Å². The van der Waals surface area contributed by atoms with E-state index in [2.05, 4.69) is 0 Å². The van der Waals surface area contributed by atoms with Gasteiger partial charge in [-0.3, -0.25) is 0 Å². The molecule has 0 aromatic heterocycles. The number of nitrogens with zero attached hydrogens (tertiary/aromatic N) is 1. The third-order valence-corrected chi connectivity index (χ3v) is 0. The van der Waals surface area contributed by atoms with Crippen molar-refractivity contribution in [2.45, 2.75) is 0 Å². The van der Waals surface area contributed by atoms with Crippen molar-refractivity contribution in [3.63, 3.8) is 0 Å². The molecule has 0 aromatic rings. The van der Waals surface area contributed by atoms with Gasteiger partial charge in [0.25, 0.3) is 0 Å². The summed E-state index contributed by atoms with van der Waals surface area (Å²) in [6.07, 6.45) is 0. The fourth-order valence-corrected chi connectivity index (χ4v) is 0. The molecule has 0 heterocycles. The van der Waals surface area contributed by atoms with Crippen molar-refractivity contribution in [1.29, 1.82) is 0 Å². The maximum Gasteiger partial charge on any atom is 1.00 e. The van der Waals surface area contributed by atoms with Crippen LogP contribution in [-0.2, 0) is 17.1 Å². The molecule has 0 saturated heterocycles. The molecule has 0 aliphatic heterocycles. The van der Waals surface area contributed by atoms with Crippen LogP contribution in [0.3, 0.4) is 0 Å². The Hall–Kier alpha value is 1.36. The van der Waals surface area contributed by atoms with E-state index in [-0.39, 0.29) is 68.5 Å².